The lowest BCUT2D eigenvalue weighted by Crippen LogP contribution is -2.30. The van der Waals surface area contributed by atoms with E-state index in [0.29, 0.717) is 5.82 Å². The summed E-state index contributed by atoms with van der Waals surface area (Å²) in [5.74, 6) is 6.16. The molecule has 1 unspecified atom stereocenters. The van der Waals surface area contributed by atoms with Crippen LogP contribution in [-0.2, 0) is 0 Å². The molecule has 0 amide bonds. The van der Waals surface area contributed by atoms with Crippen molar-refractivity contribution in [1.29, 1.82) is 0 Å². The van der Waals surface area contributed by atoms with E-state index in [1.54, 1.807) is 12.4 Å². The highest BCUT2D eigenvalue weighted by atomic mass is 15.3. The molecule has 3 rings (SSSR count). The zero-order valence-electron chi connectivity index (χ0n) is 10.7. The summed E-state index contributed by atoms with van der Waals surface area (Å²) < 4.78 is 1.82. The Hall–Kier alpha value is -2.64. The number of nitrogens with zero attached hydrogens (tertiary/aromatic N) is 3. The quantitative estimate of drug-likeness (QED) is 0.412. The lowest BCUT2D eigenvalue weighted by Gasteiger charge is -2.17. The summed E-state index contributed by atoms with van der Waals surface area (Å²) in [6.07, 6.45) is 3.38. The maximum absolute atomic E-state index is 5.87. The number of rotatable bonds is 4. The standard InChI is InChI=1S/C13H15N7/c14-13-10(8-16-19-13)12(18-15)11-6-7-17-20(11)9-4-2-1-3-5-9/h1-8,12,18H,15H2,(H3,14,16,19). The summed E-state index contributed by atoms with van der Waals surface area (Å²) >= 11 is 0. The SMILES string of the molecule is NNC(c1cn[nH]c1N)c1ccnn1-c1ccccc1. The summed E-state index contributed by atoms with van der Waals surface area (Å²) in [6, 6.07) is 11.4. The predicted octanol–water partition coefficient (Wildman–Crippen LogP) is 0.730. The van der Waals surface area contributed by atoms with E-state index >= 15 is 0 Å². The van der Waals surface area contributed by atoms with Crippen LogP contribution in [0.15, 0.2) is 48.8 Å². The smallest absolute Gasteiger partial charge is 0.124 e. The first-order valence-corrected chi connectivity index (χ1v) is 6.15. The molecule has 0 aliphatic carbocycles. The molecular formula is C13H15N7. The molecule has 2 heterocycles. The molecule has 0 radical (unpaired) electrons. The Bertz CT molecular complexity index is 686. The van der Waals surface area contributed by atoms with E-state index in [2.05, 4.69) is 20.7 Å². The van der Waals surface area contributed by atoms with Crippen LogP contribution in [0.3, 0.4) is 0 Å². The predicted molar refractivity (Wildman–Crippen MR) is 75.7 cm³/mol. The van der Waals surface area contributed by atoms with Crippen molar-refractivity contribution in [2.75, 3.05) is 5.73 Å². The Balaban J connectivity index is 2.07. The van der Waals surface area contributed by atoms with Crippen LogP contribution in [0.4, 0.5) is 5.82 Å². The number of aromatic nitrogens is 4. The third-order valence-electron chi connectivity index (χ3n) is 3.15. The van der Waals surface area contributed by atoms with Crippen LogP contribution in [0.2, 0.25) is 0 Å². The van der Waals surface area contributed by atoms with Gasteiger partial charge in [0.05, 0.1) is 23.6 Å². The second-order valence-electron chi connectivity index (χ2n) is 4.34. The normalized spacial score (nSPS) is 12.4. The Morgan fingerprint density at radius 2 is 2.00 bits per heavy atom. The number of nitrogens with two attached hydrogens (primary N) is 2. The first-order chi connectivity index (χ1) is 9.81. The molecule has 0 spiro atoms. The Labute approximate surface area is 115 Å². The number of hydrazine groups is 1. The van der Waals surface area contributed by atoms with Gasteiger partial charge in [0.2, 0.25) is 0 Å². The average Bonchev–Trinajstić information content (AvgIpc) is 3.11. The minimum absolute atomic E-state index is 0.295. The van der Waals surface area contributed by atoms with Gasteiger partial charge in [-0.2, -0.15) is 10.2 Å². The third kappa shape index (κ3) is 2.04. The van der Waals surface area contributed by atoms with Gasteiger partial charge in [-0.05, 0) is 18.2 Å². The molecule has 102 valence electrons. The van der Waals surface area contributed by atoms with E-state index in [4.69, 9.17) is 11.6 Å². The van der Waals surface area contributed by atoms with Crippen LogP contribution in [0, 0.1) is 0 Å². The number of nitrogen functional groups attached to an aromatic ring is 1. The van der Waals surface area contributed by atoms with Crippen molar-refractivity contribution >= 4 is 5.82 Å². The summed E-state index contributed by atoms with van der Waals surface area (Å²) in [4.78, 5) is 0. The molecule has 0 fully saturated rings. The highest BCUT2D eigenvalue weighted by molar-refractivity contribution is 5.44. The van der Waals surface area contributed by atoms with Crippen molar-refractivity contribution in [2.45, 2.75) is 6.04 Å². The zero-order valence-corrected chi connectivity index (χ0v) is 10.7. The van der Waals surface area contributed by atoms with Gasteiger partial charge >= 0.3 is 0 Å². The van der Waals surface area contributed by atoms with Gasteiger partial charge in [-0.25, -0.2) is 10.1 Å². The molecule has 2 aromatic heterocycles. The fraction of sp³-hybridized carbons (Fsp3) is 0.0769. The third-order valence-corrected chi connectivity index (χ3v) is 3.15. The van der Waals surface area contributed by atoms with Crippen molar-refractivity contribution in [2.24, 2.45) is 5.84 Å². The molecule has 0 aliphatic heterocycles. The highest BCUT2D eigenvalue weighted by Crippen LogP contribution is 2.25. The van der Waals surface area contributed by atoms with Gasteiger partial charge in [0.1, 0.15) is 5.82 Å². The molecule has 6 N–H and O–H groups in total. The molecule has 0 aliphatic rings. The second kappa shape index (κ2) is 5.16. The van der Waals surface area contributed by atoms with Gasteiger partial charge in [0.25, 0.3) is 0 Å². The Morgan fingerprint density at radius 1 is 1.20 bits per heavy atom. The van der Waals surface area contributed by atoms with Crippen molar-refractivity contribution < 1.29 is 0 Å². The van der Waals surface area contributed by atoms with Crippen LogP contribution in [0.1, 0.15) is 17.3 Å². The molecule has 3 aromatic rings. The molecule has 0 saturated carbocycles. The van der Waals surface area contributed by atoms with Crippen molar-refractivity contribution in [3.8, 4) is 5.69 Å². The maximum Gasteiger partial charge on any atom is 0.124 e. The largest absolute Gasteiger partial charge is 0.384 e. The highest BCUT2D eigenvalue weighted by Gasteiger charge is 2.21. The molecule has 0 bridgehead atoms. The van der Waals surface area contributed by atoms with Gasteiger partial charge in [0, 0.05) is 11.8 Å². The van der Waals surface area contributed by atoms with Gasteiger partial charge in [-0.1, -0.05) is 18.2 Å². The van der Waals surface area contributed by atoms with Crippen LogP contribution >= 0.6 is 0 Å². The fourth-order valence-corrected chi connectivity index (χ4v) is 2.19. The summed E-state index contributed by atoms with van der Waals surface area (Å²) in [5, 5.41) is 11.0. The van der Waals surface area contributed by atoms with Gasteiger partial charge in [-0.3, -0.25) is 10.9 Å². The topological polar surface area (TPSA) is 111 Å². The number of hydrogen-bond acceptors (Lipinski definition) is 5. The van der Waals surface area contributed by atoms with Crippen molar-refractivity contribution in [3.63, 3.8) is 0 Å². The van der Waals surface area contributed by atoms with Crippen LogP contribution in [-0.4, -0.2) is 20.0 Å². The minimum Gasteiger partial charge on any atom is -0.384 e. The second-order valence-corrected chi connectivity index (χ2v) is 4.34. The fourth-order valence-electron chi connectivity index (χ4n) is 2.19. The van der Waals surface area contributed by atoms with Gasteiger partial charge in [0.15, 0.2) is 0 Å². The van der Waals surface area contributed by atoms with E-state index in [1.807, 2.05) is 41.1 Å². The zero-order chi connectivity index (χ0) is 13.9. The first-order valence-electron chi connectivity index (χ1n) is 6.15. The number of H-pyrrole nitrogens is 1. The van der Waals surface area contributed by atoms with E-state index in [0.717, 1.165) is 16.9 Å². The maximum atomic E-state index is 5.87. The summed E-state index contributed by atoms with van der Waals surface area (Å²) in [7, 11) is 0. The van der Waals surface area contributed by atoms with E-state index in [9.17, 15) is 0 Å². The monoisotopic (exact) mass is 269 g/mol. The molecule has 20 heavy (non-hydrogen) atoms. The molecular weight excluding hydrogens is 254 g/mol. The molecule has 1 atom stereocenters. The molecule has 0 saturated heterocycles. The minimum atomic E-state index is -0.295. The van der Waals surface area contributed by atoms with Crippen LogP contribution in [0.5, 0.6) is 0 Å². The van der Waals surface area contributed by atoms with Crippen molar-refractivity contribution in [1.82, 2.24) is 25.4 Å². The van der Waals surface area contributed by atoms with E-state index < -0.39 is 0 Å². The van der Waals surface area contributed by atoms with E-state index in [1.165, 1.54) is 0 Å². The van der Waals surface area contributed by atoms with E-state index in [-0.39, 0.29) is 6.04 Å². The average molecular weight is 269 g/mol. The number of para-hydroxylation sites is 1. The van der Waals surface area contributed by atoms with Gasteiger partial charge < -0.3 is 5.73 Å². The van der Waals surface area contributed by atoms with Crippen LogP contribution < -0.4 is 17.0 Å². The van der Waals surface area contributed by atoms with Crippen LogP contribution in [0.25, 0.3) is 5.69 Å². The van der Waals surface area contributed by atoms with Gasteiger partial charge in [-0.15, -0.1) is 0 Å². The molecule has 7 nitrogen and oxygen atoms in total. The number of anilines is 1. The molecule has 7 heteroatoms. The number of nitrogens with one attached hydrogen (secondary N) is 2. The lowest BCUT2D eigenvalue weighted by molar-refractivity contribution is 0.599. The summed E-state index contributed by atoms with van der Waals surface area (Å²) in [6.45, 7) is 0. The Kier molecular flexibility index (Phi) is 3.20. The Morgan fingerprint density at radius 3 is 2.65 bits per heavy atom. The number of aromatic amines is 1. The number of benzene rings is 1. The molecule has 1 aromatic carbocycles. The van der Waals surface area contributed by atoms with Crippen molar-refractivity contribution in [3.05, 3.63) is 60.0 Å². The summed E-state index contributed by atoms with van der Waals surface area (Å²) in [5.41, 5.74) is 11.2. The number of hydrogen-bond donors (Lipinski definition) is 4. The lowest BCUT2D eigenvalue weighted by atomic mass is 10.1. The first kappa shape index (κ1) is 12.4.